The van der Waals surface area contributed by atoms with Crippen molar-refractivity contribution in [2.75, 3.05) is 6.67 Å². The molecule has 2 atom stereocenters. The Labute approximate surface area is 94.0 Å². The number of rotatable bonds is 4. The summed E-state index contributed by atoms with van der Waals surface area (Å²) in [7, 11) is 0. The molecule has 0 bridgehead atoms. The lowest BCUT2D eigenvalue weighted by Gasteiger charge is -2.23. The number of aliphatic hydroxyl groups is 1. The molecule has 0 saturated heterocycles. The van der Waals surface area contributed by atoms with Crippen molar-refractivity contribution in [3.63, 3.8) is 0 Å². The molecule has 0 heterocycles. The number of amides is 1. The Bertz CT molecular complexity index is 260. The van der Waals surface area contributed by atoms with Gasteiger partial charge in [-0.1, -0.05) is 0 Å². The third kappa shape index (κ3) is 5.65. The van der Waals surface area contributed by atoms with Crippen molar-refractivity contribution in [1.29, 1.82) is 0 Å². The topological polar surface area (TPSA) is 75.6 Å². The van der Waals surface area contributed by atoms with Crippen LogP contribution in [-0.4, -0.2) is 41.4 Å². The molecule has 16 heavy (non-hydrogen) atoms. The van der Waals surface area contributed by atoms with Gasteiger partial charge < -0.3 is 15.2 Å². The standard InChI is InChI=1S/C10H18FNO4/c1-6(13)8(7(14)5-11)12-9(15)16-10(2,3)4/h6,8,13H,5H2,1-4H3,(H,12,15). The Morgan fingerprint density at radius 2 is 1.94 bits per heavy atom. The highest BCUT2D eigenvalue weighted by molar-refractivity contribution is 5.88. The Morgan fingerprint density at radius 1 is 1.44 bits per heavy atom. The van der Waals surface area contributed by atoms with Crippen LogP contribution in [0.2, 0.25) is 0 Å². The molecule has 2 unspecified atom stereocenters. The molecule has 2 N–H and O–H groups in total. The summed E-state index contributed by atoms with van der Waals surface area (Å²) in [5.74, 6) is -0.888. The second kappa shape index (κ2) is 5.79. The third-order valence-corrected chi connectivity index (χ3v) is 1.63. The van der Waals surface area contributed by atoms with Gasteiger partial charge in [0.05, 0.1) is 6.10 Å². The molecule has 0 radical (unpaired) electrons. The van der Waals surface area contributed by atoms with Crippen molar-refractivity contribution < 1.29 is 23.8 Å². The molecule has 0 aliphatic rings. The number of carbonyl (C=O) groups excluding carboxylic acids is 2. The molecule has 0 aromatic carbocycles. The number of aliphatic hydroxyl groups excluding tert-OH is 1. The van der Waals surface area contributed by atoms with Crippen LogP contribution in [0, 0.1) is 0 Å². The van der Waals surface area contributed by atoms with Gasteiger partial charge in [0.2, 0.25) is 0 Å². The number of hydrogen-bond acceptors (Lipinski definition) is 4. The van der Waals surface area contributed by atoms with Crippen LogP contribution in [0.25, 0.3) is 0 Å². The summed E-state index contributed by atoms with van der Waals surface area (Å²) in [6, 6.07) is -1.28. The Morgan fingerprint density at radius 3 is 2.25 bits per heavy atom. The highest BCUT2D eigenvalue weighted by Crippen LogP contribution is 2.07. The van der Waals surface area contributed by atoms with Gasteiger partial charge in [-0.2, -0.15) is 0 Å². The molecule has 0 rings (SSSR count). The minimum atomic E-state index is -1.28. The number of carbonyl (C=O) groups is 2. The highest BCUT2D eigenvalue weighted by Gasteiger charge is 2.27. The Hall–Kier alpha value is -1.17. The lowest BCUT2D eigenvalue weighted by atomic mass is 10.1. The highest BCUT2D eigenvalue weighted by atomic mass is 19.1. The lowest BCUT2D eigenvalue weighted by molar-refractivity contribution is -0.124. The van der Waals surface area contributed by atoms with E-state index in [-0.39, 0.29) is 0 Å². The van der Waals surface area contributed by atoms with Gasteiger partial charge in [-0.3, -0.25) is 4.79 Å². The average Bonchev–Trinajstić information content (AvgIpc) is 2.09. The van der Waals surface area contributed by atoms with Crippen LogP contribution in [0.15, 0.2) is 0 Å². The van der Waals surface area contributed by atoms with E-state index in [4.69, 9.17) is 4.74 Å². The average molecular weight is 235 g/mol. The van der Waals surface area contributed by atoms with Crippen molar-refractivity contribution in [2.45, 2.75) is 45.4 Å². The van der Waals surface area contributed by atoms with Crippen LogP contribution in [-0.2, 0) is 9.53 Å². The fourth-order valence-corrected chi connectivity index (χ4v) is 0.988. The van der Waals surface area contributed by atoms with Crippen molar-refractivity contribution >= 4 is 11.9 Å². The SMILES string of the molecule is CC(O)C(NC(=O)OC(C)(C)C)C(=O)CF. The maximum Gasteiger partial charge on any atom is 0.408 e. The van der Waals surface area contributed by atoms with Gasteiger partial charge in [0.25, 0.3) is 0 Å². The van der Waals surface area contributed by atoms with Crippen molar-refractivity contribution in [3.05, 3.63) is 0 Å². The van der Waals surface area contributed by atoms with Crippen molar-refractivity contribution in [3.8, 4) is 0 Å². The Kier molecular flexibility index (Phi) is 5.37. The number of alkyl halides is 1. The second-order valence-corrected chi connectivity index (χ2v) is 4.46. The normalized spacial score (nSPS) is 15.1. The Balaban J connectivity index is 4.42. The van der Waals surface area contributed by atoms with Crippen LogP contribution in [0.1, 0.15) is 27.7 Å². The molecule has 5 nitrogen and oxygen atoms in total. The summed E-state index contributed by atoms with van der Waals surface area (Å²) < 4.78 is 17.0. The fraction of sp³-hybridized carbons (Fsp3) is 0.800. The minimum absolute atomic E-state index is 0.716. The zero-order valence-electron chi connectivity index (χ0n) is 9.91. The maximum absolute atomic E-state index is 12.1. The first-order valence-electron chi connectivity index (χ1n) is 4.93. The summed E-state index contributed by atoms with van der Waals surface area (Å²) in [5, 5.41) is 11.3. The molecule has 94 valence electrons. The van der Waals surface area contributed by atoms with Gasteiger partial charge in [-0.05, 0) is 27.7 Å². The van der Waals surface area contributed by atoms with Crippen LogP contribution >= 0.6 is 0 Å². The summed E-state index contributed by atoms with van der Waals surface area (Å²) >= 11 is 0. The molecule has 0 fully saturated rings. The number of halogens is 1. The summed E-state index contributed by atoms with van der Waals surface area (Å²) in [5.41, 5.74) is -0.716. The molecular weight excluding hydrogens is 217 g/mol. The first-order chi connectivity index (χ1) is 7.17. The van der Waals surface area contributed by atoms with Gasteiger partial charge in [0.1, 0.15) is 18.3 Å². The van der Waals surface area contributed by atoms with E-state index in [0.717, 1.165) is 0 Å². The van der Waals surface area contributed by atoms with E-state index in [9.17, 15) is 19.1 Å². The molecule has 0 aliphatic carbocycles. The van der Waals surface area contributed by atoms with Crippen LogP contribution in [0.4, 0.5) is 9.18 Å². The monoisotopic (exact) mass is 235 g/mol. The van der Waals surface area contributed by atoms with E-state index in [0.29, 0.717) is 0 Å². The van der Waals surface area contributed by atoms with Gasteiger partial charge in [-0.15, -0.1) is 0 Å². The van der Waals surface area contributed by atoms with Gasteiger partial charge >= 0.3 is 6.09 Å². The molecule has 6 heteroatoms. The van der Waals surface area contributed by atoms with Crippen LogP contribution in [0.5, 0.6) is 0 Å². The van der Waals surface area contributed by atoms with Gasteiger partial charge in [0, 0.05) is 0 Å². The van der Waals surface area contributed by atoms with E-state index in [1.807, 2.05) is 0 Å². The number of nitrogens with one attached hydrogen (secondary N) is 1. The van der Waals surface area contributed by atoms with Crippen LogP contribution < -0.4 is 5.32 Å². The zero-order valence-corrected chi connectivity index (χ0v) is 9.91. The molecule has 0 saturated carbocycles. The molecule has 0 aromatic rings. The quantitative estimate of drug-likeness (QED) is 0.755. The number of hydrogen-bond donors (Lipinski definition) is 2. The maximum atomic E-state index is 12.1. The summed E-state index contributed by atoms with van der Waals surface area (Å²) in [6.45, 7) is 5.00. The molecule has 0 aliphatic heterocycles. The molecule has 1 amide bonds. The smallest absolute Gasteiger partial charge is 0.408 e. The number of ether oxygens (including phenoxy) is 1. The van der Waals surface area contributed by atoms with Crippen LogP contribution in [0.3, 0.4) is 0 Å². The van der Waals surface area contributed by atoms with Gasteiger partial charge in [0.15, 0.2) is 5.78 Å². The first-order valence-corrected chi connectivity index (χ1v) is 4.93. The van der Waals surface area contributed by atoms with Gasteiger partial charge in [-0.25, -0.2) is 9.18 Å². The number of Topliss-reactive ketones (excluding diaryl/α,β-unsaturated/α-hetero) is 1. The van der Waals surface area contributed by atoms with E-state index >= 15 is 0 Å². The van der Waals surface area contributed by atoms with Crippen molar-refractivity contribution in [2.24, 2.45) is 0 Å². The predicted octanol–water partition coefficient (Wildman–Crippen LogP) is 0.799. The lowest BCUT2D eigenvalue weighted by Crippen LogP contribution is -2.49. The largest absolute Gasteiger partial charge is 0.444 e. The van der Waals surface area contributed by atoms with E-state index in [2.05, 4.69) is 5.32 Å². The predicted molar refractivity (Wildman–Crippen MR) is 55.8 cm³/mol. The fourth-order valence-electron chi connectivity index (χ4n) is 0.988. The zero-order chi connectivity index (χ0) is 12.9. The molecule has 0 spiro atoms. The summed E-state index contributed by atoms with van der Waals surface area (Å²) in [4.78, 5) is 22.3. The second-order valence-electron chi connectivity index (χ2n) is 4.46. The summed E-state index contributed by atoms with van der Waals surface area (Å²) in [6.07, 6.45) is -2.03. The first kappa shape index (κ1) is 14.8. The molecular formula is C10H18FNO4. The van der Waals surface area contributed by atoms with E-state index < -0.39 is 36.3 Å². The number of alkyl carbamates (subject to hydrolysis) is 1. The van der Waals surface area contributed by atoms with E-state index in [1.165, 1.54) is 6.92 Å². The number of ketones is 1. The molecule has 0 aromatic heterocycles. The third-order valence-electron chi connectivity index (χ3n) is 1.63. The van der Waals surface area contributed by atoms with Crippen molar-refractivity contribution in [1.82, 2.24) is 5.32 Å². The van der Waals surface area contributed by atoms with E-state index in [1.54, 1.807) is 20.8 Å². The minimum Gasteiger partial charge on any atom is -0.444 e.